The minimum Gasteiger partial charge on any atom is -0.494 e. The largest absolute Gasteiger partial charge is 0.494 e. The van der Waals surface area contributed by atoms with E-state index in [2.05, 4.69) is 44.0 Å². The second kappa shape index (κ2) is 6.90. The van der Waals surface area contributed by atoms with Crippen LogP contribution in [0.3, 0.4) is 0 Å². The SMILES string of the molecule is CCCOc1ccc(C=Nc2cc(C)ccc2C)cc1. The number of aryl methyl sites for hydroxylation is 2. The number of ether oxygens (including phenoxy) is 1. The molecule has 2 rings (SSSR count). The maximum absolute atomic E-state index is 5.56. The van der Waals surface area contributed by atoms with Crippen LogP contribution in [0.1, 0.15) is 30.0 Å². The molecule has 2 aromatic rings. The first-order valence-corrected chi connectivity index (χ1v) is 7.03. The average Bonchev–Trinajstić information content (AvgIpc) is 2.47. The molecule has 0 unspecified atom stereocenters. The summed E-state index contributed by atoms with van der Waals surface area (Å²) in [5.74, 6) is 0.913. The van der Waals surface area contributed by atoms with Crippen LogP contribution in [0.5, 0.6) is 5.75 Å². The van der Waals surface area contributed by atoms with Crippen LogP contribution in [-0.4, -0.2) is 12.8 Å². The number of hydrogen-bond donors (Lipinski definition) is 0. The molecular formula is C18H21NO. The van der Waals surface area contributed by atoms with Crippen LogP contribution >= 0.6 is 0 Å². The first kappa shape index (κ1) is 14.3. The highest BCUT2D eigenvalue weighted by atomic mass is 16.5. The third-order valence-electron chi connectivity index (χ3n) is 3.07. The highest BCUT2D eigenvalue weighted by molar-refractivity contribution is 5.82. The summed E-state index contributed by atoms with van der Waals surface area (Å²) in [6, 6.07) is 14.3. The van der Waals surface area contributed by atoms with Gasteiger partial charge < -0.3 is 4.74 Å². The van der Waals surface area contributed by atoms with Gasteiger partial charge in [0, 0.05) is 6.21 Å². The Kier molecular flexibility index (Phi) is 4.94. The van der Waals surface area contributed by atoms with Crippen molar-refractivity contribution >= 4 is 11.9 Å². The van der Waals surface area contributed by atoms with Crippen LogP contribution in [0.15, 0.2) is 47.5 Å². The van der Waals surface area contributed by atoms with E-state index in [9.17, 15) is 0 Å². The number of benzene rings is 2. The molecule has 0 atom stereocenters. The second-order valence-electron chi connectivity index (χ2n) is 4.97. The van der Waals surface area contributed by atoms with Gasteiger partial charge in [-0.2, -0.15) is 0 Å². The number of rotatable bonds is 5. The molecule has 104 valence electrons. The molecule has 2 nitrogen and oxygen atoms in total. The summed E-state index contributed by atoms with van der Waals surface area (Å²) in [6.45, 7) is 7.02. The van der Waals surface area contributed by atoms with E-state index in [1.807, 2.05) is 30.5 Å². The van der Waals surface area contributed by atoms with Crippen molar-refractivity contribution in [1.29, 1.82) is 0 Å². The van der Waals surface area contributed by atoms with Crippen molar-refractivity contribution in [2.24, 2.45) is 4.99 Å². The van der Waals surface area contributed by atoms with E-state index in [0.29, 0.717) is 0 Å². The van der Waals surface area contributed by atoms with Gasteiger partial charge in [0.15, 0.2) is 0 Å². The van der Waals surface area contributed by atoms with Crippen LogP contribution < -0.4 is 4.74 Å². The standard InChI is InChI=1S/C18H21NO/c1-4-11-20-17-9-7-16(8-10-17)13-19-18-12-14(2)5-6-15(18)3/h5-10,12-13H,4,11H2,1-3H3. The van der Waals surface area contributed by atoms with Crippen molar-refractivity contribution in [2.75, 3.05) is 6.61 Å². The fourth-order valence-corrected chi connectivity index (χ4v) is 1.87. The molecule has 0 amide bonds. The van der Waals surface area contributed by atoms with E-state index in [0.717, 1.165) is 30.0 Å². The molecule has 2 aromatic carbocycles. The molecule has 20 heavy (non-hydrogen) atoms. The van der Waals surface area contributed by atoms with Gasteiger partial charge in [0.05, 0.1) is 12.3 Å². The fourth-order valence-electron chi connectivity index (χ4n) is 1.87. The van der Waals surface area contributed by atoms with Crippen molar-refractivity contribution in [3.05, 3.63) is 59.2 Å². The Hall–Kier alpha value is -2.09. The highest BCUT2D eigenvalue weighted by Crippen LogP contribution is 2.20. The van der Waals surface area contributed by atoms with Crippen LogP contribution in [0.25, 0.3) is 0 Å². The normalized spacial score (nSPS) is 10.9. The van der Waals surface area contributed by atoms with Gasteiger partial charge in [-0.1, -0.05) is 19.1 Å². The molecule has 0 bridgehead atoms. The Morgan fingerprint density at radius 1 is 1.05 bits per heavy atom. The lowest BCUT2D eigenvalue weighted by Crippen LogP contribution is -1.94. The molecule has 0 aliphatic carbocycles. The predicted molar refractivity (Wildman–Crippen MR) is 85.4 cm³/mol. The van der Waals surface area contributed by atoms with Crippen LogP contribution in [0.4, 0.5) is 5.69 Å². The zero-order valence-corrected chi connectivity index (χ0v) is 12.4. The van der Waals surface area contributed by atoms with Crippen molar-refractivity contribution in [1.82, 2.24) is 0 Å². The molecule has 0 saturated heterocycles. The molecule has 2 heteroatoms. The van der Waals surface area contributed by atoms with Gasteiger partial charge in [0.1, 0.15) is 5.75 Å². The van der Waals surface area contributed by atoms with Crippen molar-refractivity contribution in [3.63, 3.8) is 0 Å². The smallest absolute Gasteiger partial charge is 0.119 e. The Morgan fingerprint density at radius 3 is 2.50 bits per heavy atom. The number of nitrogens with zero attached hydrogens (tertiary/aromatic N) is 1. The van der Waals surface area contributed by atoms with Gasteiger partial charge in [-0.25, -0.2) is 0 Å². The average molecular weight is 267 g/mol. The zero-order chi connectivity index (χ0) is 14.4. The summed E-state index contributed by atoms with van der Waals surface area (Å²) < 4.78 is 5.56. The zero-order valence-electron chi connectivity index (χ0n) is 12.4. The maximum Gasteiger partial charge on any atom is 0.119 e. The van der Waals surface area contributed by atoms with E-state index in [1.54, 1.807) is 0 Å². The number of aliphatic imine (C=N–C) groups is 1. The van der Waals surface area contributed by atoms with Gasteiger partial charge in [0.2, 0.25) is 0 Å². The van der Waals surface area contributed by atoms with Crippen molar-refractivity contribution < 1.29 is 4.74 Å². The molecule has 0 aliphatic rings. The minimum atomic E-state index is 0.760. The van der Waals surface area contributed by atoms with Crippen LogP contribution in [0, 0.1) is 13.8 Å². The fraction of sp³-hybridized carbons (Fsp3) is 0.278. The van der Waals surface area contributed by atoms with Gasteiger partial charge in [-0.05, 0) is 67.3 Å². The molecule has 0 heterocycles. The van der Waals surface area contributed by atoms with Gasteiger partial charge in [-0.3, -0.25) is 4.99 Å². The first-order valence-electron chi connectivity index (χ1n) is 7.03. The maximum atomic E-state index is 5.56. The van der Waals surface area contributed by atoms with Crippen LogP contribution in [-0.2, 0) is 0 Å². The summed E-state index contributed by atoms with van der Waals surface area (Å²) in [5.41, 5.74) is 4.52. The topological polar surface area (TPSA) is 21.6 Å². The quantitative estimate of drug-likeness (QED) is 0.710. The van der Waals surface area contributed by atoms with Crippen LogP contribution in [0.2, 0.25) is 0 Å². The summed E-state index contributed by atoms with van der Waals surface area (Å²) in [4.78, 5) is 4.56. The van der Waals surface area contributed by atoms with E-state index in [1.165, 1.54) is 11.1 Å². The highest BCUT2D eigenvalue weighted by Gasteiger charge is 1.96. The molecule has 0 N–H and O–H groups in total. The molecule has 0 spiro atoms. The van der Waals surface area contributed by atoms with Crippen molar-refractivity contribution in [2.45, 2.75) is 27.2 Å². The Labute approximate surface area is 121 Å². The monoisotopic (exact) mass is 267 g/mol. The second-order valence-corrected chi connectivity index (χ2v) is 4.97. The third-order valence-corrected chi connectivity index (χ3v) is 3.07. The minimum absolute atomic E-state index is 0.760. The lowest BCUT2D eigenvalue weighted by atomic mass is 10.1. The summed E-state index contributed by atoms with van der Waals surface area (Å²) in [6.07, 6.45) is 2.92. The predicted octanol–water partition coefficient (Wildman–Crippen LogP) is 4.84. The molecule has 0 radical (unpaired) electrons. The van der Waals surface area contributed by atoms with E-state index in [-0.39, 0.29) is 0 Å². The van der Waals surface area contributed by atoms with E-state index < -0.39 is 0 Å². The first-order chi connectivity index (χ1) is 9.69. The molecule has 0 aliphatic heterocycles. The summed E-state index contributed by atoms with van der Waals surface area (Å²) in [7, 11) is 0. The summed E-state index contributed by atoms with van der Waals surface area (Å²) >= 11 is 0. The van der Waals surface area contributed by atoms with Crippen molar-refractivity contribution in [3.8, 4) is 5.75 Å². The third kappa shape index (κ3) is 3.95. The van der Waals surface area contributed by atoms with Gasteiger partial charge in [-0.15, -0.1) is 0 Å². The Morgan fingerprint density at radius 2 is 1.80 bits per heavy atom. The van der Waals surface area contributed by atoms with E-state index in [4.69, 9.17) is 4.74 Å². The molecule has 0 fully saturated rings. The Bertz CT molecular complexity index is 585. The van der Waals surface area contributed by atoms with Gasteiger partial charge >= 0.3 is 0 Å². The number of hydrogen-bond acceptors (Lipinski definition) is 2. The molecular weight excluding hydrogens is 246 g/mol. The Balaban J connectivity index is 2.09. The van der Waals surface area contributed by atoms with Gasteiger partial charge in [0.25, 0.3) is 0 Å². The summed E-state index contributed by atoms with van der Waals surface area (Å²) in [5, 5.41) is 0. The lowest BCUT2D eigenvalue weighted by molar-refractivity contribution is 0.317. The molecule has 0 saturated carbocycles. The molecule has 0 aromatic heterocycles. The van der Waals surface area contributed by atoms with E-state index >= 15 is 0 Å². The lowest BCUT2D eigenvalue weighted by Gasteiger charge is -2.04.